The molecule has 1 aliphatic rings. The number of carbonyl (C=O) groups is 1. The monoisotopic (exact) mass is 275 g/mol. The molecule has 0 radical (unpaired) electrons. The Balaban J connectivity index is 2.65. The summed E-state index contributed by atoms with van der Waals surface area (Å²) in [7, 11) is 0. The normalized spacial score (nSPS) is 24.7. The summed E-state index contributed by atoms with van der Waals surface area (Å²) in [5.41, 5.74) is -0.649. The van der Waals surface area contributed by atoms with Gasteiger partial charge in [0.1, 0.15) is 0 Å². The summed E-state index contributed by atoms with van der Waals surface area (Å²) >= 11 is 0. The zero-order valence-electron chi connectivity index (χ0n) is 9.90. The van der Waals surface area contributed by atoms with E-state index >= 15 is 0 Å². The molecule has 0 aromatic heterocycles. The molecule has 8 heteroatoms. The molecule has 0 saturated carbocycles. The van der Waals surface area contributed by atoms with E-state index in [1.807, 2.05) is 0 Å². The Labute approximate surface area is 101 Å². The van der Waals surface area contributed by atoms with Gasteiger partial charge in [0.15, 0.2) is 0 Å². The minimum atomic E-state index is -5.88. The van der Waals surface area contributed by atoms with Crippen LogP contribution in [0.3, 0.4) is 0 Å². The molecule has 1 amide bonds. The van der Waals surface area contributed by atoms with Crippen molar-refractivity contribution < 1.29 is 31.5 Å². The van der Waals surface area contributed by atoms with Gasteiger partial charge in [-0.15, -0.1) is 0 Å². The lowest BCUT2D eigenvalue weighted by molar-refractivity contribution is -0.270. The molecule has 0 spiro atoms. The van der Waals surface area contributed by atoms with Crippen LogP contribution in [0.5, 0.6) is 0 Å². The summed E-state index contributed by atoms with van der Waals surface area (Å²) in [6.45, 7) is 3.55. The van der Waals surface area contributed by atoms with E-state index in [4.69, 9.17) is 4.74 Å². The Morgan fingerprint density at radius 3 is 2.28 bits per heavy atom. The third kappa shape index (κ3) is 3.30. The molecule has 0 aliphatic carbocycles. The summed E-state index contributed by atoms with van der Waals surface area (Å²) in [6, 6.07) is -0.741. The summed E-state index contributed by atoms with van der Waals surface area (Å²) < 4.78 is 66.5. The molecule has 1 heterocycles. The molecule has 1 atom stereocenters. The van der Waals surface area contributed by atoms with E-state index in [-0.39, 0.29) is 19.4 Å². The van der Waals surface area contributed by atoms with Gasteiger partial charge >= 0.3 is 18.0 Å². The highest BCUT2D eigenvalue weighted by atomic mass is 19.4. The predicted molar refractivity (Wildman–Crippen MR) is 52.2 cm³/mol. The SMILES string of the molecule is CC1(C)CC(NC(=O)C(F)(F)C(F)(F)F)CCO1. The topological polar surface area (TPSA) is 38.3 Å². The van der Waals surface area contributed by atoms with Crippen molar-refractivity contribution in [2.24, 2.45) is 0 Å². The molecule has 1 fully saturated rings. The number of hydrogen-bond acceptors (Lipinski definition) is 2. The molecule has 1 N–H and O–H groups in total. The van der Waals surface area contributed by atoms with E-state index in [0.29, 0.717) is 0 Å². The third-order valence-corrected chi connectivity index (χ3v) is 2.67. The summed E-state index contributed by atoms with van der Waals surface area (Å²) in [4.78, 5) is 11.0. The first-order chi connectivity index (χ1) is 7.96. The quantitative estimate of drug-likeness (QED) is 0.785. The lowest BCUT2D eigenvalue weighted by atomic mass is 9.94. The molecule has 3 nitrogen and oxygen atoms in total. The number of nitrogens with one attached hydrogen (secondary N) is 1. The second-order valence-corrected chi connectivity index (χ2v) is 4.84. The van der Waals surface area contributed by atoms with Crippen molar-refractivity contribution >= 4 is 5.91 Å². The summed E-state index contributed by atoms with van der Waals surface area (Å²) in [6.07, 6.45) is -5.48. The molecule has 18 heavy (non-hydrogen) atoms. The summed E-state index contributed by atoms with van der Waals surface area (Å²) in [5.74, 6) is -7.67. The fourth-order valence-corrected chi connectivity index (χ4v) is 1.76. The van der Waals surface area contributed by atoms with Gasteiger partial charge < -0.3 is 10.1 Å². The van der Waals surface area contributed by atoms with Crippen molar-refractivity contribution in [2.75, 3.05) is 6.61 Å². The van der Waals surface area contributed by atoms with Crippen LogP contribution in [0.1, 0.15) is 26.7 Å². The van der Waals surface area contributed by atoms with Gasteiger partial charge in [-0.3, -0.25) is 4.79 Å². The van der Waals surface area contributed by atoms with Crippen molar-refractivity contribution in [1.82, 2.24) is 5.32 Å². The maximum absolute atomic E-state index is 12.7. The van der Waals surface area contributed by atoms with Gasteiger partial charge in [0, 0.05) is 12.6 Å². The van der Waals surface area contributed by atoms with E-state index in [9.17, 15) is 26.7 Å². The molecule has 1 aliphatic heterocycles. The van der Waals surface area contributed by atoms with Crippen LogP contribution in [0.2, 0.25) is 0 Å². The fraction of sp³-hybridized carbons (Fsp3) is 0.900. The molecule has 0 aromatic rings. The van der Waals surface area contributed by atoms with Gasteiger partial charge in [-0.2, -0.15) is 22.0 Å². The van der Waals surface area contributed by atoms with Crippen LogP contribution in [0.25, 0.3) is 0 Å². The second-order valence-electron chi connectivity index (χ2n) is 4.84. The zero-order valence-corrected chi connectivity index (χ0v) is 9.90. The van der Waals surface area contributed by atoms with Crippen LogP contribution >= 0.6 is 0 Å². The number of rotatable bonds is 2. The maximum atomic E-state index is 12.7. The average molecular weight is 275 g/mol. The van der Waals surface area contributed by atoms with E-state index in [2.05, 4.69) is 0 Å². The highest BCUT2D eigenvalue weighted by molar-refractivity contribution is 5.84. The Hall–Kier alpha value is -0.920. The van der Waals surface area contributed by atoms with Crippen molar-refractivity contribution in [1.29, 1.82) is 0 Å². The van der Waals surface area contributed by atoms with Crippen LogP contribution < -0.4 is 5.32 Å². The molecule has 1 saturated heterocycles. The van der Waals surface area contributed by atoms with Gasteiger partial charge in [-0.1, -0.05) is 0 Å². The Morgan fingerprint density at radius 2 is 1.83 bits per heavy atom. The lowest BCUT2D eigenvalue weighted by Crippen LogP contribution is -2.55. The highest BCUT2D eigenvalue weighted by Gasteiger charge is 2.63. The zero-order chi connectivity index (χ0) is 14.2. The summed E-state index contributed by atoms with van der Waals surface area (Å²) in [5, 5.41) is 1.73. The van der Waals surface area contributed by atoms with Crippen molar-refractivity contribution in [3.8, 4) is 0 Å². The second kappa shape index (κ2) is 4.64. The van der Waals surface area contributed by atoms with E-state index in [1.165, 1.54) is 0 Å². The minimum absolute atomic E-state index is 0.187. The minimum Gasteiger partial charge on any atom is -0.375 e. The van der Waals surface area contributed by atoms with E-state index in [1.54, 1.807) is 19.2 Å². The number of alkyl halides is 5. The largest absolute Gasteiger partial charge is 0.463 e. The van der Waals surface area contributed by atoms with Crippen LogP contribution in [0.15, 0.2) is 0 Å². The predicted octanol–water partition coefficient (Wildman–Crippen LogP) is 2.26. The van der Waals surface area contributed by atoms with Gasteiger partial charge in [-0.25, -0.2) is 0 Å². The first-order valence-electron chi connectivity index (χ1n) is 5.35. The van der Waals surface area contributed by atoms with Crippen LogP contribution in [0.4, 0.5) is 22.0 Å². The number of hydrogen-bond donors (Lipinski definition) is 1. The van der Waals surface area contributed by atoms with Gasteiger partial charge in [0.05, 0.1) is 5.60 Å². The smallest absolute Gasteiger partial charge is 0.375 e. The Morgan fingerprint density at radius 1 is 1.28 bits per heavy atom. The molecule has 106 valence electrons. The average Bonchev–Trinajstić information content (AvgIpc) is 2.13. The number of halogens is 5. The molecule has 0 aromatic carbocycles. The van der Waals surface area contributed by atoms with Gasteiger partial charge in [0.25, 0.3) is 0 Å². The highest BCUT2D eigenvalue weighted by Crippen LogP contribution is 2.36. The van der Waals surface area contributed by atoms with Crippen molar-refractivity contribution in [3.63, 3.8) is 0 Å². The van der Waals surface area contributed by atoms with Crippen molar-refractivity contribution in [3.05, 3.63) is 0 Å². The number of ether oxygens (including phenoxy) is 1. The molecule has 1 rings (SSSR count). The first kappa shape index (κ1) is 15.1. The molecule has 0 bridgehead atoms. The van der Waals surface area contributed by atoms with Crippen LogP contribution in [-0.2, 0) is 9.53 Å². The Kier molecular flexibility index (Phi) is 3.90. The third-order valence-electron chi connectivity index (χ3n) is 2.67. The Bertz CT molecular complexity index is 327. The number of amides is 1. The molecular weight excluding hydrogens is 261 g/mol. The van der Waals surface area contributed by atoms with Crippen LogP contribution in [-0.4, -0.2) is 36.3 Å². The van der Waals surface area contributed by atoms with Crippen LogP contribution in [0, 0.1) is 0 Å². The fourth-order valence-electron chi connectivity index (χ4n) is 1.76. The first-order valence-corrected chi connectivity index (χ1v) is 5.35. The van der Waals surface area contributed by atoms with E-state index < -0.39 is 29.6 Å². The number of carbonyl (C=O) groups excluding carboxylic acids is 1. The van der Waals surface area contributed by atoms with Gasteiger partial charge in [-0.05, 0) is 26.7 Å². The van der Waals surface area contributed by atoms with E-state index in [0.717, 1.165) is 0 Å². The lowest BCUT2D eigenvalue weighted by Gasteiger charge is -2.36. The standard InChI is InChI=1S/C10H14F5NO2/c1-8(2)5-6(3-4-18-8)16-7(17)9(11,12)10(13,14)15/h6H,3-5H2,1-2H3,(H,16,17). The molecular formula is C10H14F5NO2. The maximum Gasteiger partial charge on any atom is 0.463 e. The molecule has 1 unspecified atom stereocenters. The van der Waals surface area contributed by atoms with Crippen molar-refractivity contribution in [2.45, 2.75) is 50.4 Å². The van der Waals surface area contributed by atoms with Gasteiger partial charge in [0.2, 0.25) is 0 Å².